The maximum atomic E-state index is 12.0. The van der Waals surface area contributed by atoms with Crippen LogP contribution in [0.15, 0.2) is 16.7 Å². The van der Waals surface area contributed by atoms with Gasteiger partial charge in [-0.25, -0.2) is 0 Å². The van der Waals surface area contributed by atoms with Crippen molar-refractivity contribution in [3.8, 4) is 0 Å². The summed E-state index contributed by atoms with van der Waals surface area (Å²) in [5, 5.41) is 3.24. The normalized spacial score (nSPS) is 16.3. The molecule has 0 spiro atoms. The van der Waals surface area contributed by atoms with Gasteiger partial charge in [0, 0.05) is 26.2 Å². The van der Waals surface area contributed by atoms with Crippen molar-refractivity contribution in [3.63, 3.8) is 0 Å². The molecule has 1 aliphatic rings. The minimum Gasteiger partial charge on any atom is -0.468 e. The molecule has 1 aromatic rings. The van der Waals surface area contributed by atoms with Crippen LogP contribution in [0.4, 0.5) is 0 Å². The van der Waals surface area contributed by atoms with E-state index in [0.717, 1.165) is 37.5 Å². The van der Waals surface area contributed by atoms with E-state index >= 15 is 0 Å². The molecule has 1 saturated heterocycles. The third-order valence-electron chi connectivity index (χ3n) is 3.26. The second kappa shape index (κ2) is 6.02. The Kier molecular flexibility index (Phi) is 4.38. The van der Waals surface area contributed by atoms with Gasteiger partial charge in [0.05, 0.1) is 19.4 Å². The monoisotopic (exact) mass is 251 g/mol. The molecule has 100 valence electrons. The van der Waals surface area contributed by atoms with Crippen LogP contribution in [0.3, 0.4) is 0 Å². The van der Waals surface area contributed by atoms with Crippen molar-refractivity contribution in [2.45, 2.75) is 13.5 Å². The number of aryl methyl sites for hydroxylation is 1. The molecule has 0 atom stereocenters. The van der Waals surface area contributed by atoms with E-state index in [1.807, 2.05) is 29.8 Å². The summed E-state index contributed by atoms with van der Waals surface area (Å²) < 4.78 is 5.39. The average Bonchev–Trinajstić information content (AvgIpc) is 2.76. The minimum atomic E-state index is 0.197. The molecule has 0 radical (unpaired) electrons. The third-order valence-corrected chi connectivity index (χ3v) is 3.26. The largest absolute Gasteiger partial charge is 0.468 e. The molecule has 2 rings (SSSR count). The molecule has 2 heterocycles. The van der Waals surface area contributed by atoms with Crippen molar-refractivity contribution >= 4 is 5.91 Å². The zero-order valence-electron chi connectivity index (χ0n) is 11.1. The SMILES string of the molecule is Cc1ccoc1CN(C)CC(=O)N1CCNCC1. The Bertz CT molecular complexity index is 397. The molecule has 0 aliphatic carbocycles. The van der Waals surface area contributed by atoms with Gasteiger partial charge < -0.3 is 14.6 Å². The van der Waals surface area contributed by atoms with Crippen LogP contribution in [0.1, 0.15) is 11.3 Å². The van der Waals surface area contributed by atoms with Gasteiger partial charge in [-0.2, -0.15) is 0 Å². The highest BCUT2D eigenvalue weighted by molar-refractivity contribution is 5.78. The van der Waals surface area contributed by atoms with E-state index in [0.29, 0.717) is 13.1 Å². The highest BCUT2D eigenvalue weighted by Crippen LogP contribution is 2.11. The quantitative estimate of drug-likeness (QED) is 0.844. The second-order valence-electron chi connectivity index (χ2n) is 4.83. The Hall–Kier alpha value is -1.33. The molecule has 5 nitrogen and oxygen atoms in total. The van der Waals surface area contributed by atoms with Crippen LogP contribution in [0.25, 0.3) is 0 Å². The maximum Gasteiger partial charge on any atom is 0.236 e. The number of carbonyl (C=O) groups is 1. The van der Waals surface area contributed by atoms with Gasteiger partial charge in [0.15, 0.2) is 0 Å². The molecule has 1 fully saturated rings. The standard InChI is InChI=1S/C13H21N3O2/c1-11-3-8-18-12(11)9-15(2)10-13(17)16-6-4-14-5-7-16/h3,8,14H,4-7,9-10H2,1-2H3. The predicted octanol–water partition coefficient (Wildman–Crippen LogP) is 0.452. The summed E-state index contributed by atoms with van der Waals surface area (Å²) in [6, 6.07) is 1.95. The lowest BCUT2D eigenvalue weighted by Crippen LogP contribution is -2.49. The third kappa shape index (κ3) is 3.34. The molecular weight excluding hydrogens is 230 g/mol. The van der Waals surface area contributed by atoms with Crippen molar-refractivity contribution in [1.29, 1.82) is 0 Å². The van der Waals surface area contributed by atoms with Crippen LogP contribution in [-0.4, -0.2) is 55.5 Å². The lowest BCUT2D eigenvalue weighted by atomic mass is 10.2. The molecule has 1 aromatic heterocycles. The summed E-state index contributed by atoms with van der Waals surface area (Å²) in [5.74, 6) is 1.13. The number of likely N-dealkylation sites (N-methyl/N-ethyl adjacent to an activating group) is 1. The van der Waals surface area contributed by atoms with E-state index in [1.165, 1.54) is 0 Å². The van der Waals surface area contributed by atoms with Crippen molar-refractivity contribution in [3.05, 3.63) is 23.7 Å². The number of hydrogen-bond acceptors (Lipinski definition) is 4. The highest BCUT2D eigenvalue weighted by Gasteiger charge is 2.18. The van der Waals surface area contributed by atoms with Crippen LogP contribution in [0.5, 0.6) is 0 Å². The van der Waals surface area contributed by atoms with E-state index in [4.69, 9.17) is 4.42 Å². The highest BCUT2D eigenvalue weighted by atomic mass is 16.3. The Morgan fingerprint density at radius 1 is 1.50 bits per heavy atom. The second-order valence-corrected chi connectivity index (χ2v) is 4.83. The number of amides is 1. The van der Waals surface area contributed by atoms with E-state index in [1.54, 1.807) is 6.26 Å². The Labute approximate surface area is 108 Å². The summed E-state index contributed by atoms with van der Waals surface area (Å²) in [7, 11) is 1.95. The lowest BCUT2D eigenvalue weighted by Gasteiger charge is -2.29. The van der Waals surface area contributed by atoms with Crippen LogP contribution >= 0.6 is 0 Å². The lowest BCUT2D eigenvalue weighted by molar-refractivity contribution is -0.132. The van der Waals surface area contributed by atoms with Gasteiger partial charge in [0.25, 0.3) is 0 Å². The Balaban J connectivity index is 1.81. The number of piperazine rings is 1. The fraction of sp³-hybridized carbons (Fsp3) is 0.615. The summed E-state index contributed by atoms with van der Waals surface area (Å²) in [6.07, 6.45) is 1.69. The molecule has 1 aliphatic heterocycles. The molecule has 18 heavy (non-hydrogen) atoms. The molecule has 0 bridgehead atoms. The number of nitrogens with one attached hydrogen (secondary N) is 1. The zero-order valence-corrected chi connectivity index (χ0v) is 11.1. The van der Waals surface area contributed by atoms with Gasteiger partial charge in [-0.15, -0.1) is 0 Å². The molecule has 0 saturated carbocycles. The molecule has 0 aromatic carbocycles. The fourth-order valence-corrected chi connectivity index (χ4v) is 2.11. The number of furan rings is 1. The van der Waals surface area contributed by atoms with E-state index in [2.05, 4.69) is 5.32 Å². The van der Waals surface area contributed by atoms with Crippen molar-refractivity contribution in [2.24, 2.45) is 0 Å². The fourth-order valence-electron chi connectivity index (χ4n) is 2.11. The number of carbonyl (C=O) groups excluding carboxylic acids is 1. The first-order chi connectivity index (χ1) is 8.66. The van der Waals surface area contributed by atoms with Gasteiger partial charge in [-0.3, -0.25) is 9.69 Å². The van der Waals surface area contributed by atoms with Gasteiger partial charge in [0.1, 0.15) is 5.76 Å². The van der Waals surface area contributed by atoms with Gasteiger partial charge >= 0.3 is 0 Å². The van der Waals surface area contributed by atoms with Gasteiger partial charge in [0.2, 0.25) is 5.91 Å². The summed E-state index contributed by atoms with van der Waals surface area (Å²) in [6.45, 7) is 6.56. The van der Waals surface area contributed by atoms with E-state index in [9.17, 15) is 4.79 Å². The van der Waals surface area contributed by atoms with Crippen LogP contribution in [-0.2, 0) is 11.3 Å². The first-order valence-corrected chi connectivity index (χ1v) is 6.37. The van der Waals surface area contributed by atoms with Crippen LogP contribution in [0, 0.1) is 6.92 Å². The molecule has 0 unspecified atom stereocenters. The summed E-state index contributed by atoms with van der Waals surface area (Å²) in [4.78, 5) is 16.0. The Morgan fingerprint density at radius 3 is 2.83 bits per heavy atom. The predicted molar refractivity (Wildman–Crippen MR) is 69.2 cm³/mol. The minimum absolute atomic E-state index is 0.197. The molecule has 1 N–H and O–H groups in total. The number of hydrogen-bond donors (Lipinski definition) is 1. The van der Waals surface area contributed by atoms with E-state index < -0.39 is 0 Å². The smallest absolute Gasteiger partial charge is 0.236 e. The molecule has 5 heteroatoms. The van der Waals surface area contributed by atoms with Gasteiger partial charge in [-0.1, -0.05) is 0 Å². The number of nitrogens with zero attached hydrogens (tertiary/aromatic N) is 2. The average molecular weight is 251 g/mol. The van der Waals surface area contributed by atoms with Crippen molar-refractivity contribution < 1.29 is 9.21 Å². The van der Waals surface area contributed by atoms with Crippen molar-refractivity contribution in [2.75, 3.05) is 39.8 Å². The van der Waals surface area contributed by atoms with Gasteiger partial charge in [-0.05, 0) is 25.6 Å². The summed E-state index contributed by atoms with van der Waals surface area (Å²) >= 11 is 0. The zero-order chi connectivity index (χ0) is 13.0. The maximum absolute atomic E-state index is 12.0. The number of rotatable bonds is 4. The van der Waals surface area contributed by atoms with Crippen LogP contribution < -0.4 is 5.32 Å². The summed E-state index contributed by atoms with van der Waals surface area (Å²) in [5.41, 5.74) is 1.14. The Morgan fingerprint density at radius 2 is 2.22 bits per heavy atom. The van der Waals surface area contributed by atoms with Crippen LogP contribution in [0.2, 0.25) is 0 Å². The first-order valence-electron chi connectivity index (χ1n) is 6.37. The molecular formula is C13H21N3O2. The first kappa shape index (κ1) is 13.1. The topological polar surface area (TPSA) is 48.7 Å². The molecule has 1 amide bonds. The van der Waals surface area contributed by atoms with E-state index in [-0.39, 0.29) is 5.91 Å². The van der Waals surface area contributed by atoms with Crippen molar-refractivity contribution in [1.82, 2.24) is 15.1 Å².